The van der Waals surface area contributed by atoms with Gasteiger partial charge in [0.25, 0.3) is 11.8 Å². The number of rotatable bonds is 6. The van der Waals surface area contributed by atoms with Gasteiger partial charge in [0.15, 0.2) is 0 Å². The highest BCUT2D eigenvalue weighted by Gasteiger charge is 2.10. The Morgan fingerprint density at radius 3 is 2.38 bits per heavy atom. The first-order valence-electron chi connectivity index (χ1n) is 8.29. The SMILES string of the molecule is Cc1cc(C)n(CC(=O)NNC(=O)CCNC(=O)c2ccccc2C)n1. The van der Waals surface area contributed by atoms with E-state index >= 15 is 0 Å². The second-order valence-electron chi connectivity index (χ2n) is 6.00. The molecule has 3 amide bonds. The molecule has 2 aromatic rings. The quantitative estimate of drug-likeness (QED) is 0.664. The minimum Gasteiger partial charge on any atom is -0.352 e. The lowest BCUT2D eigenvalue weighted by Crippen LogP contribution is -2.44. The van der Waals surface area contributed by atoms with Gasteiger partial charge in [0.2, 0.25) is 5.91 Å². The molecule has 3 N–H and O–H groups in total. The van der Waals surface area contributed by atoms with Crippen LogP contribution in [0.2, 0.25) is 0 Å². The fourth-order valence-electron chi connectivity index (χ4n) is 2.42. The monoisotopic (exact) mass is 357 g/mol. The molecule has 2 rings (SSSR count). The maximum atomic E-state index is 12.0. The molecule has 1 heterocycles. The fraction of sp³-hybridized carbons (Fsp3) is 0.333. The Kier molecular flexibility index (Phi) is 6.48. The number of aryl methyl sites for hydroxylation is 3. The number of nitrogens with one attached hydrogen (secondary N) is 3. The molecule has 138 valence electrons. The van der Waals surface area contributed by atoms with Crippen molar-refractivity contribution in [2.75, 3.05) is 6.54 Å². The average molecular weight is 357 g/mol. The molecule has 0 saturated heterocycles. The van der Waals surface area contributed by atoms with Crippen LogP contribution in [0.25, 0.3) is 0 Å². The van der Waals surface area contributed by atoms with E-state index in [0.29, 0.717) is 5.56 Å². The number of carbonyl (C=O) groups excluding carboxylic acids is 3. The summed E-state index contributed by atoms with van der Waals surface area (Å²) in [5.41, 5.74) is 7.79. The zero-order valence-corrected chi connectivity index (χ0v) is 15.1. The van der Waals surface area contributed by atoms with Crippen LogP contribution in [0.15, 0.2) is 30.3 Å². The number of hydrogen-bond acceptors (Lipinski definition) is 4. The lowest BCUT2D eigenvalue weighted by molar-refractivity contribution is -0.129. The normalized spacial score (nSPS) is 10.3. The van der Waals surface area contributed by atoms with Crippen molar-refractivity contribution in [3.8, 4) is 0 Å². The minimum absolute atomic E-state index is 0.0178. The Morgan fingerprint density at radius 2 is 1.73 bits per heavy atom. The van der Waals surface area contributed by atoms with Crippen molar-refractivity contribution in [2.45, 2.75) is 33.7 Å². The zero-order chi connectivity index (χ0) is 19.1. The van der Waals surface area contributed by atoms with Crippen LogP contribution in [0.4, 0.5) is 0 Å². The van der Waals surface area contributed by atoms with Crippen LogP contribution in [0.5, 0.6) is 0 Å². The minimum atomic E-state index is -0.392. The van der Waals surface area contributed by atoms with Crippen LogP contribution in [-0.2, 0) is 16.1 Å². The second kappa shape index (κ2) is 8.80. The summed E-state index contributed by atoms with van der Waals surface area (Å²) >= 11 is 0. The molecular weight excluding hydrogens is 334 g/mol. The Bertz CT molecular complexity index is 813. The lowest BCUT2D eigenvalue weighted by Gasteiger charge is -2.09. The van der Waals surface area contributed by atoms with Crippen molar-refractivity contribution < 1.29 is 14.4 Å². The topological polar surface area (TPSA) is 105 Å². The first-order valence-corrected chi connectivity index (χ1v) is 8.29. The van der Waals surface area contributed by atoms with Gasteiger partial charge in [-0.15, -0.1) is 0 Å². The van der Waals surface area contributed by atoms with E-state index in [-0.39, 0.29) is 31.3 Å². The van der Waals surface area contributed by atoms with Crippen LogP contribution in [0.1, 0.15) is 33.7 Å². The molecule has 0 aliphatic carbocycles. The summed E-state index contributed by atoms with van der Waals surface area (Å²) < 4.78 is 1.55. The van der Waals surface area contributed by atoms with Crippen molar-refractivity contribution in [3.05, 3.63) is 52.8 Å². The van der Waals surface area contributed by atoms with E-state index in [1.165, 1.54) is 0 Å². The Balaban J connectivity index is 1.69. The van der Waals surface area contributed by atoms with Gasteiger partial charge < -0.3 is 5.32 Å². The molecule has 8 nitrogen and oxygen atoms in total. The maximum Gasteiger partial charge on any atom is 0.260 e. The van der Waals surface area contributed by atoms with Crippen LogP contribution in [-0.4, -0.2) is 34.0 Å². The highest BCUT2D eigenvalue weighted by molar-refractivity contribution is 5.95. The molecule has 0 bridgehead atoms. The Labute approximate surface area is 151 Å². The molecule has 0 saturated carbocycles. The molecular formula is C18H23N5O3. The molecule has 0 aliphatic rings. The molecule has 0 atom stereocenters. The standard InChI is InChI=1S/C18H23N5O3/c1-12-6-4-5-7-15(12)18(26)19-9-8-16(24)20-21-17(25)11-23-14(3)10-13(2)22-23/h4-7,10H,8-9,11H2,1-3H3,(H,19,26)(H,20,24)(H,21,25). The fourth-order valence-corrected chi connectivity index (χ4v) is 2.42. The zero-order valence-electron chi connectivity index (χ0n) is 15.1. The Hall–Kier alpha value is -3.16. The van der Waals surface area contributed by atoms with Gasteiger partial charge in [0.1, 0.15) is 6.54 Å². The van der Waals surface area contributed by atoms with E-state index in [1.54, 1.807) is 16.8 Å². The first-order chi connectivity index (χ1) is 12.4. The first kappa shape index (κ1) is 19.2. The van der Waals surface area contributed by atoms with Gasteiger partial charge in [-0.05, 0) is 38.5 Å². The summed E-state index contributed by atoms with van der Waals surface area (Å²) in [7, 11) is 0. The number of amides is 3. The molecule has 8 heteroatoms. The number of aromatic nitrogens is 2. The molecule has 26 heavy (non-hydrogen) atoms. The van der Waals surface area contributed by atoms with Gasteiger partial charge in [0, 0.05) is 24.2 Å². The molecule has 0 radical (unpaired) electrons. The van der Waals surface area contributed by atoms with Crippen molar-refractivity contribution in [1.29, 1.82) is 0 Å². The third kappa shape index (κ3) is 5.44. The van der Waals surface area contributed by atoms with E-state index in [4.69, 9.17) is 0 Å². The van der Waals surface area contributed by atoms with Gasteiger partial charge >= 0.3 is 0 Å². The predicted molar refractivity (Wildman–Crippen MR) is 96.1 cm³/mol. The molecule has 1 aromatic carbocycles. The largest absolute Gasteiger partial charge is 0.352 e. The smallest absolute Gasteiger partial charge is 0.260 e. The summed E-state index contributed by atoms with van der Waals surface area (Å²) in [6.07, 6.45) is 0.0534. The summed E-state index contributed by atoms with van der Waals surface area (Å²) in [5, 5.41) is 6.86. The number of nitrogens with zero attached hydrogens (tertiary/aromatic N) is 2. The van der Waals surface area contributed by atoms with Crippen molar-refractivity contribution in [3.63, 3.8) is 0 Å². The van der Waals surface area contributed by atoms with E-state index in [9.17, 15) is 14.4 Å². The van der Waals surface area contributed by atoms with E-state index in [2.05, 4.69) is 21.3 Å². The molecule has 0 aliphatic heterocycles. The number of hydrazine groups is 1. The highest BCUT2D eigenvalue weighted by atomic mass is 16.2. The van der Waals surface area contributed by atoms with Crippen molar-refractivity contribution >= 4 is 17.7 Å². The third-order valence-corrected chi connectivity index (χ3v) is 3.77. The van der Waals surface area contributed by atoms with Crippen LogP contribution in [0.3, 0.4) is 0 Å². The summed E-state index contributed by atoms with van der Waals surface area (Å²) in [4.78, 5) is 35.6. The van der Waals surface area contributed by atoms with Crippen molar-refractivity contribution in [1.82, 2.24) is 25.9 Å². The lowest BCUT2D eigenvalue weighted by atomic mass is 10.1. The van der Waals surface area contributed by atoms with Gasteiger partial charge in [-0.1, -0.05) is 18.2 Å². The van der Waals surface area contributed by atoms with Crippen LogP contribution in [0, 0.1) is 20.8 Å². The number of benzene rings is 1. The van der Waals surface area contributed by atoms with Crippen LogP contribution >= 0.6 is 0 Å². The maximum absolute atomic E-state index is 12.0. The van der Waals surface area contributed by atoms with E-state index in [1.807, 2.05) is 39.0 Å². The van der Waals surface area contributed by atoms with Gasteiger partial charge in [0.05, 0.1) is 5.69 Å². The van der Waals surface area contributed by atoms with Gasteiger partial charge in [-0.2, -0.15) is 5.10 Å². The average Bonchev–Trinajstić information content (AvgIpc) is 2.90. The van der Waals surface area contributed by atoms with Gasteiger partial charge in [-0.25, -0.2) is 0 Å². The molecule has 0 fully saturated rings. The van der Waals surface area contributed by atoms with Gasteiger partial charge in [-0.3, -0.25) is 29.9 Å². The number of carbonyl (C=O) groups is 3. The Morgan fingerprint density at radius 1 is 1.04 bits per heavy atom. The molecule has 0 unspecified atom stereocenters. The highest BCUT2D eigenvalue weighted by Crippen LogP contribution is 2.06. The second-order valence-corrected chi connectivity index (χ2v) is 6.00. The van der Waals surface area contributed by atoms with E-state index in [0.717, 1.165) is 17.0 Å². The van der Waals surface area contributed by atoms with E-state index < -0.39 is 5.91 Å². The molecule has 0 spiro atoms. The summed E-state index contributed by atoms with van der Waals surface area (Å²) in [5.74, 6) is -1.00. The summed E-state index contributed by atoms with van der Waals surface area (Å²) in [6, 6.07) is 9.08. The summed E-state index contributed by atoms with van der Waals surface area (Å²) in [6.45, 7) is 5.73. The molecule has 1 aromatic heterocycles. The van der Waals surface area contributed by atoms with Crippen LogP contribution < -0.4 is 16.2 Å². The number of hydrogen-bond donors (Lipinski definition) is 3. The predicted octanol–water partition coefficient (Wildman–Crippen LogP) is 0.776. The van der Waals surface area contributed by atoms with Crippen molar-refractivity contribution in [2.24, 2.45) is 0 Å². The third-order valence-electron chi connectivity index (χ3n) is 3.77.